The molecule has 226 valence electrons. The average molecular weight is 647 g/mol. The largest absolute Gasteiger partial charge is 0.508 e. The Balaban J connectivity index is 1.06. The quantitative estimate of drug-likeness (QED) is 0.114. The Morgan fingerprint density at radius 3 is 2.64 bits per heavy atom. The number of fused-ring (bicyclic) bond motifs is 1. The number of benzene rings is 3. The molecule has 0 unspecified atom stereocenters. The van der Waals surface area contributed by atoms with Gasteiger partial charge in [-0.05, 0) is 82.2 Å². The fourth-order valence-corrected chi connectivity index (χ4v) is 7.42. The standard InChI is InChI=1S/C33H30N2O6S3/c36-27-6-4-21-14-22(2-3-23(21)16-27)26-17-28(43-20-26)18-30-31(37)35(33(42)44-30)8-1-11-41-29-7-5-24(32(38)39)15-25(29)19-34-9-12-40-13-10-34/h2-7,14-18,20,36H,1,8-13,19H2,(H,38,39)/b30-18-. The molecular weight excluding hydrogens is 617 g/mol. The minimum atomic E-state index is -0.975. The molecule has 0 radical (unpaired) electrons. The van der Waals surface area contributed by atoms with Crippen molar-refractivity contribution >= 4 is 68.4 Å². The van der Waals surface area contributed by atoms with Crippen LogP contribution >= 0.6 is 35.3 Å². The average Bonchev–Trinajstić information content (AvgIpc) is 3.59. The number of carbonyl (C=O) groups excluding carboxylic acids is 1. The number of carbonyl (C=O) groups is 2. The van der Waals surface area contributed by atoms with Gasteiger partial charge in [-0.2, -0.15) is 0 Å². The van der Waals surface area contributed by atoms with Crippen molar-refractivity contribution in [3.8, 4) is 22.6 Å². The Hall–Kier alpha value is -3.74. The molecule has 3 aromatic carbocycles. The number of thiophene rings is 1. The highest BCUT2D eigenvalue weighted by atomic mass is 32.2. The number of carboxylic acid groups (broad SMARTS) is 1. The van der Waals surface area contributed by atoms with Crippen LogP contribution in [0.1, 0.15) is 27.2 Å². The number of aromatic hydroxyl groups is 1. The van der Waals surface area contributed by atoms with E-state index in [-0.39, 0.29) is 17.2 Å². The molecule has 2 saturated heterocycles. The molecule has 0 atom stereocenters. The molecule has 11 heteroatoms. The molecule has 0 aliphatic carbocycles. The number of phenols is 1. The first-order valence-corrected chi connectivity index (χ1v) is 16.3. The molecule has 0 saturated carbocycles. The number of nitrogens with zero attached hydrogens (tertiary/aromatic N) is 2. The summed E-state index contributed by atoms with van der Waals surface area (Å²) in [5.41, 5.74) is 3.17. The van der Waals surface area contributed by atoms with Gasteiger partial charge in [-0.3, -0.25) is 14.6 Å². The minimum Gasteiger partial charge on any atom is -0.508 e. The molecule has 4 aromatic rings. The third kappa shape index (κ3) is 6.98. The van der Waals surface area contributed by atoms with Crippen LogP contribution in [0.3, 0.4) is 0 Å². The van der Waals surface area contributed by atoms with Gasteiger partial charge in [0.15, 0.2) is 0 Å². The van der Waals surface area contributed by atoms with Gasteiger partial charge in [-0.15, -0.1) is 11.3 Å². The number of thiocarbonyl (C=S) groups is 1. The van der Waals surface area contributed by atoms with Crippen molar-refractivity contribution in [3.05, 3.63) is 87.0 Å². The van der Waals surface area contributed by atoms with Gasteiger partial charge in [0.05, 0.1) is 30.3 Å². The van der Waals surface area contributed by atoms with E-state index in [0.29, 0.717) is 54.3 Å². The maximum atomic E-state index is 13.2. The minimum absolute atomic E-state index is 0.112. The molecule has 8 nitrogen and oxygen atoms in total. The van der Waals surface area contributed by atoms with Gasteiger partial charge in [-0.25, -0.2) is 4.79 Å². The molecule has 0 spiro atoms. The number of hydrogen-bond donors (Lipinski definition) is 2. The van der Waals surface area contributed by atoms with E-state index in [9.17, 15) is 19.8 Å². The second kappa shape index (κ2) is 13.5. The fourth-order valence-electron chi connectivity index (χ4n) is 5.20. The summed E-state index contributed by atoms with van der Waals surface area (Å²) < 4.78 is 12.0. The second-order valence-corrected chi connectivity index (χ2v) is 13.2. The van der Waals surface area contributed by atoms with Crippen molar-refractivity contribution in [3.63, 3.8) is 0 Å². The van der Waals surface area contributed by atoms with Gasteiger partial charge in [0, 0.05) is 36.6 Å². The molecule has 2 N–H and O–H groups in total. The highest BCUT2D eigenvalue weighted by Crippen LogP contribution is 2.36. The Morgan fingerprint density at radius 1 is 1.02 bits per heavy atom. The first-order valence-electron chi connectivity index (χ1n) is 14.2. The van der Waals surface area contributed by atoms with E-state index in [2.05, 4.69) is 22.4 Å². The van der Waals surface area contributed by atoms with Gasteiger partial charge in [0.25, 0.3) is 5.91 Å². The summed E-state index contributed by atoms with van der Waals surface area (Å²) in [7, 11) is 0. The number of aromatic carboxylic acids is 1. The smallest absolute Gasteiger partial charge is 0.335 e. The van der Waals surface area contributed by atoms with Crippen LogP contribution in [0.15, 0.2) is 70.9 Å². The van der Waals surface area contributed by atoms with Crippen molar-refractivity contribution in [1.82, 2.24) is 9.80 Å². The highest BCUT2D eigenvalue weighted by molar-refractivity contribution is 8.26. The molecule has 1 aromatic heterocycles. The number of amides is 1. The number of morpholine rings is 1. The summed E-state index contributed by atoms with van der Waals surface area (Å²) in [6, 6.07) is 18.4. The maximum absolute atomic E-state index is 13.2. The molecule has 6 rings (SSSR count). The topological polar surface area (TPSA) is 99.5 Å². The molecule has 2 aliphatic rings. The lowest BCUT2D eigenvalue weighted by atomic mass is 10.0. The van der Waals surface area contributed by atoms with Crippen LogP contribution in [0.4, 0.5) is 0 Å². The SMILES string of the molecule is O=C(O)c1ccc(OCCCN2C(=O)/C(=C/c3cc(-c4ccc5cc(O)ccc5c4)cs3)SC2=S)c(CN2CCOCC2)c1. The number of hydrogen-bond acceptors (Lipinski definition) is 9. The number of rotatable bonds is 10. The highest BCUT2D eigenvalue weighted by Gasteiger charge is 2.31. The van der Waals surface area contributed by atoms with Gasteiger partial charge < -0.3 is 19.7 Å². The third-order valence-electron chi connectivity index (χ3n) is 7.51. The van der Waals surface area contributed by atoms with Gasteiger partial charge >= 0.3 is 5.97 Å². The lowest BCUT2D eigenvalue weighted by Gasteiger charge is -2.27. The van der Waals surface area contributed by atoms with E-state index in [1.807, 2.05) is 24.3 Å². The Kier molecular flexibility index (Phi) is 9.29. The second-order valence-electron chi connectivity index (χ2n) is 10.5. The zero-order valence-corrected chi connectivity index (χ0v) is 26.2. The van der Waals surface area contributed by atoms with Crippen LogP contribution in [0.5, 0.6) is 11.5 Å². The first kappa shape index (κ1) is 30.3. The van der Waals surface area contributed by atoms with Crippen LogP contribution in [-0.4, -0.2) is 75.7 Å². The molecule has 2 aliphatic heterocycles. The zero-order chi connectivity index (χ0) is 30.6. The number of ether oxygens (including phenoxy) is 2. The number of phenolic OH excluding ortho intramolecular Hbond substituents is 1. The Labute approximate surface area is 268 Å². The summed E-state index contributed by atoms with van der Waals surface area (Å²) in [5.74, 6) is -0.200. The maximum Gasteiger partial charge on any atom is 0.335 e. The van der Waals surface area contributed by atoms with Gasteiger partial charge in [-0.1, -0.05) is 42.2 Å². The number of thioether (sulfide) groups is 1. The summed E-state index contributed by atoms with van der Waals surface area (Å²) in [4.78, 5) is 30.2. The molecule has 3 heterocycles. The predicted molar refractivity (Wildman–Crippen MR) is 178 cm³/mol. The van der Waals surface area contributed by atoms with Crippen molar-refractivity contribution in [1.29, 1.82) is 0 Å². The summed E-state index contributed by atoms with van der Waals surface area (Å²) >= 11 is 8.41. The normalized spacial score (nSPS) is 16.7. The lowest BCUT2D eigenvalue weighted by molar-refractivity contribution is -0.122. The zero-order valence-electron chi connectivity index (χ0n) is 23.7. The van der Waals surface area contributed by atoms with Crippen LogP contribution in [0.25, 0.3) is 28.0 Å². The fraction of sp³-hybridized carbons (Fsp3) is 0.242. The van der Waals surface area contributed by atoms with Crippen LogP contribution in [0.2, 0.25) is 0 Å². The molecule has 1 amide bonds. The predicted octanol–water partition coefficient (Wildman–Crippen LogP) is 6.47. The summed E-state index contributed by atoms with van der Waals surface area (Å²) in [6.07, 6.45) is 2.46. The van der Waals surface area contributed by atoms with Crippen LogP contribution in [0, 0.1) is 0 Å². The van der Waals surface area contributed by atoms with E-state index in [0.717, 1.165) is 45.4 Å². The summed E-state index contributed by atoms with van der Waals surface area (Å²) in [6.45, 7) is 4.22. The third-order valence-corrected chi connectivity index (χ3v) is 9.77. The van der Waals surface area contributed by atoms with Gasteiger partial charge in [0.2, 0.25) is 0 Å². The Morgan fingerprint density at radius 2 is 1.82 bits per heavy atom. The number of carboxylic acids is 1. The van der Waals surface area contributed by atoms with E-state index in [4.69, 9.17) is 21.7 Å². The molecule has 44 heavy (non-hydrogen) atoms. The van der Waals surface area contributed by atoms with Crippen molar-refractivity contribution in [2.75, 3.05) is 39.5 Å². The first-order chi connectivity index (χ1) is 21.3. The van der Waals surface area contributed by atoms with Crippen molar-refractivity contribution in [2.45, 2.75) is 13.0 Å². The molecule has 2 fully saturated rings. The molecule has 0 bridgehead atoms. The molecular formula is C33H30N2O6S3. The van der Waals surface area contributed by atoms with E-state index >= 15 is 0 Å². The summed E-state index contributed by atoms with van der Waals surface area (Å²) in [5, 5.41) is 23.3. The van der Waals surface area contributed by atoms with Crippen LogP contribution in [-0.2, 0) is 16.1 Å². The van der Waals surface area contributed by atoms with Gasteiger partial charge in [0.1, 0.15) is 15.8 Å². The van der Waals surface area contributed by atoms with Crippen molar-refractivity contribution in [2.24, 2.45) is 0 Å². The monoisotopic (exact) mass is 646 g/mol. The van der Waals surface area contributed by atoms with Crippen molar-refractivity contribution < 1.29 is 29.3 Å². The van der Waals surface area contributed by atoms with E-state index in [1.54, 1.807) is 46.6 Å². The van der Waals surface area contributed by atoms with Crippen LogP contribution < -0.4 is 4.74 Å². The Bertz CT molecular complexity index is 1760. The van der Waals surface area contributed by atoms with E-state index < -0.39 is 5.97 Å². The lowest BCUT2D eigenvalue weighted by Crippen LogP contribution is -2.35. The van der Waals surface area contributed by atoms with E-state index in [1.165, 1.54) is 11.8 Å².